The maximum absolute atomic E-state index is 11.9. The van der Waals surface area contributed by atoms with Crippen LogP contribution in [0, 0.1) is 0 Å². The molecule has 1 amide bonds. The number of anilines is 2. The fourth-order valence-electron chi connectivity index (χ4n) is 1.46. The van der Waals surface area contributed by atoms with Gasteiger partial charge in [0.25, 0.3) is 0 Å². The number of hydrogen-bond acceptors (Lipinski definition) is 4. The molecule has 86 valence electrons. The van der Waals surface area contributed by atoms with Gasteiger partial charge in [0.2, 0.25) is 5.91 Å². The van der Waals surface area contributed by atoms with Crippen LogP contribution in [0.2, 0.25) is 0 Å². The molecular formula is C11H14N2OS2. The van der Waals surface area contributed by atoms with Gasteiger partial charge < -0.3 is 11.1 Å². The lowest BCUT2D eigenvalue weighted by atomic mass is 10.2. The molecule has 1 aliphatic heterocycles. The standard InChI is InChI=1S/C11H14N2OS2/c12-8-3-1-2-4-9(8)13-11(14)10-7-15-5-6-16-10/h1-4,10H,5-7,12H2,(H,13,14). The summed E-state index contributed by atoms with van der Waals surface area (Å²) >= 11 is 3.56. The largest absolute Gasteiger partial charge is 0.397 e. The molecular weight excluding hydrogens is 240 g/mol. The van der Waals surface area contributed by atoms with Crippen molar-refractivity contribution in [2.75, 3.05) is 28.3 Å². The van der Waals surface area contributed by atoms with Crippen molar-refractivity contribution in [2.45, 2.75) is 5.25 Å². The molecule has 1 aromatic rings. The van der Waals surface area contributed by atoms with Crippen LogP contribution in [0.1, 0.15) is 0 Å². The molecule has 16 heavy (non-hydrogen) atoms. The summed E-state index contributed by atoms with van der Waals surface area (Å²) in [4.78, 5) is 11.9. The minimum Gasteiger partial charge on any atom is -0.397 e. The van der Waals surface area contributed by atoms with Crippen molar-refractivity contribution < 1.29 is 4.79 Å². The van der Waals surface area contributed by atoms with Crippen molar-refractivity contribution in [2.24, 2.45) is 0 Å². The van der Waals surface area contributed by atoms with E-state index in [-0.39, 0.29) is 11.2 Å². The summed E-state index contributed by atoms with van der Waals surface area (Å²) in [7, 11) is 0. The van der Waals surface area contributed by atoms with E-state index < -0.39 is 0 Å². The third-order valence-corrected chi connectivity index (χ3v) is 5.08. The van der Waals surface area contributed by atoms with E-state index in [1.54, 1.807) is 17.8 Å². The average molecular weight is 254 g/mol. The van der Waals surface area contributed by atoms with Gasteiger partial charge in [-0.1, -0.05) is 12.1 Å². The van der Waals surface area contributed by atoms with Crippen LogP contribution in [-0.2, 0) is 4.79 Å². The highest BCUT2D eigenvalue weighted by Crippen LogP contribution is 2.26. The number of carbonyl (C=O) groups excluding carboxylic acids is 1. The summed E-state index contributed by atoms with van der Waals surface area (Å²) < 4.78 is 0. The third-order valence-electron chi connectivity index (χ3n) is 2.33. The molecule has 1 aromatic carbocycles. The summed E-state index contributed by atoms with van der Waals surface area (Å²) in [5.74, 6) is 3.15. The van der Waals surface area contributed by atoms with Crippen LogP contribution in [0.3, 0.4) is 0 Å². The third kappa shape index (κ3) is 2.86. The van der Waals surface area contributed by atoms with Gasteiger partial charge in [-0.2, -0.15) is 11.8 Å². The number of benzene rings is 1. The Morgan fingerprint density at radius 1 is 1.38 bits per heavy atom. The second-order valence-electron chi connectivity index (χ2n) is 3.51. The Balaban J connectivity index is 1.99. The molecule has 3 N–H and O–H groups in total. The second kappa shape index (κ2) is 5.50. The van der Waals surface area contributed by atoms with Crippen LogP contribution >= 0.6 is 23.5 Å². The molecule has 0 bridgehead atoms. The van der Waals surface area contributed by atoms with Gasteiger partial charge in [-0.25, -0.2) is 0 Å². The van der Waals surface area contributed by atoms with Gasteiger partial charge >= 0.3 is 0 Å². The zero-order valence-electron chi connectivity index (χ0n) is 8.81. The summed E-state index contributed by atoms with van der Waals surface area (Å²) in [6, 6.07) is 7.34. The molecule has 5 heteroatoms. The van der Waals surface area contributed by atoms with E-state index in [1.165, 1.54) is 0 Å². The molecule has 2 rings (SSSR count). The van der Waals surface area contributed by atoms with Gasteiger partial charge in [0.05, 0.1) is 16.6 Å². The van der Waals surface area contributed by atoms with Crippen LogP contribution in [0.5, 0.6) is 0 Å². The first-order valence-corrected chi connectivity index (χ1v) is 7.32. The lowest BCUT2D eigenvalue weighted by Crippen LogP contribution is -2.30. The molecule has 1 aliphatic rings. The molecule has 1 saturated heterocycles. The zero-order chi connectivity index (χ0) is 11.4. The molecule has 0 aliphatic carbocycles. The topological polar surface area (TPSA) is 55.1 Å². The molecule has 0 aromatic heterocycles. The molecule has 3 nitrogen and oxygen atoms in total. The summed E-state index contributed by atoms with van der Waals surface area (Å²) in [6.45, 7) is 0. The molecule has 0 radical (unpaired) electrons. The summed E-state index contributed by atoms with van der Waals surface area (Å²) in [5.41, 5.74) is 7.10. The second-order valence-corrected chi connectivity index (χ2v) is 5.97. The van der Waals surface area contributed by atoms with Gasteiger partial charge in [-0.05, 0) is 12.1 Å². The first-order valence-electron chi connectivity index (χ1n) is 5.12. The number of thioether (sulfide) groups is 2. The number of para-hydroxylation sites is 2. The minimum absolute atomic E-state index is 0.0540. The molecule has 1 fully saturated rings. The Morgan fingerprint density at radius 3 is 2.88 bits per heavy atom. The van der Waals surface area contributed by atoms with E-state index in [9.17, 15) is 4.79 Å². The smallest absolute Gasteiger partial charge is 0.238 e. The Kier molecular flexibility index (Phi) is 4.01. The van der Waals surface area contributed by atoms with E-state index in [4.69, 9.17) is 5.73 Å². The first-order chi connectivity index (χ1) is 7.77. The number of amides is 1. The highest BCUT2D eigenvalue weighted by Gasteiger charge is 2.22. The Hall–Kier alpha value is -0.810. The monoisotopic (exact) mass is 254 g/mol. The molecule has 1 heterocycles. The number of nitrogens with two attached hydrogens (primary N) is 1. The van der Waals surface area contributed by atoms with Crippen molar-refractivity contribution in [1.82, 2.24) is 0 Å². The van der Waals surface area contributed by atoms with E-state index in [0.29, 0.717) is 11.4 Å². The average Bonchev–Trinajstić information content (AvgIpc) is 2.33. The van der Waals surface area contributed by atoms with E-state index >= 15 is 0 Å². The molecule has 0 spiro atoms. The Bertz CT molecular complexity index is 378. The maximum atomic E-state index is 11.9. The number of nitrogen functional groups attached to an aromatic ring is 1. The first kappa shape index (κ1) is 11.7. The van der Waals surface area contributed by atoms with Gasteiger partial charge in [-0.3, -0.25) is 4.79 Å². The van der Waals surface area contributed by atoms with Crippen LogP contribution in [0.15, 0.2) is 24.3 Å². The van der Waals surface area contributed by atoms with Gasteiger partial charge in [0, 0.05) is 17.3 Å². The quantitative estimate of drug-likeness (QED) is 0.793. The normalized spacial score (nSPS) is 20.4. The number of rotatable bonds is 2. The van der Waals surface area contributed by atoms with E-state index in [0.717, 1.165) is 17.3 Å². The van der Waals surface area contributed by atoms with Crippen molar-refractivity contribution in [1.29, 1.82) is 0 Å². The van der Waals surface area contributed by atoms with E-state index in [1.807, 2.05) is 30.0 Å². The molecule has 1 atom stereocenters. The Morgan fingerprint density at radius 2 is 2.19 bits per heavy atom. The summed E-state index contributed by atoms with van der Waals surface area (Å²) in [5, 5.41) is 2.94. The van der Waals surface area contributed by atoms with Crippen molar-refractivity contribution in [3.63, 3.8) is 0 Å². The molecule has 1 unspecified atom stereocenters. The minimum atomic E-state index is 0.0540. The number of nitrogens with one attached hydrogen (secondary N) is 1. The molecule has 0 saturated carbocycles. The summed E-state index contributed by atoms with van der Waals surface area (Å²) in [6.07, 6.45) is 0. The van der Waals surface area contributed by atoms with Crippen LogP contribution in [-0.4, -0.2) is 28.4 Å². The SMILES string of the molecule is Nc1ccccc1NC(=O)C1CSCCS1. The van der Waals surface area contributed by atoms with Crippen LogP contribution < -0.4 is 11.1 Å². The lowest BCUT2D eigenvalue weighted by Gasteiger charge is -2.20. The number of hydrogen-bond donors (Lipinski definition) is 2. The fraction of sp³-hybridized carbons (Fsp3) is 0.364. The maximum Gasteiger partial charge on any atom is 0.238 e. The predicted molar refractivity (Wildman–Crippen MR) is 73.1 cm³/mol. The van der Waals surface area contributed by atoms with Crippen LogP contribution in [0.4, 0.5) is 11.4 Å². The zero-order valence-corrected chi connectivity index (χ0v) is 10.4. The predicted octanol–water partition coefficient (Wildman–Crippen LogP) is 2.06. The van der Waals surface area contributed by atoms with Gasteiger partial charge in [-0.15, -0.1) is 11.8 Å². The van der Waals surface area contributed by atoms with E-state index in [2.05, 4.69) is 5.32 Å². The lowest BCUT2D eigenvalue weighted by molar-refractivity contribution is -0.115. The van der Waals surface area contributed by atoms with Crippen molar-refractivity contribution in [3.05, 3.63) is 24.3 Å². The van der Waals surface area contributed by atoms with Crippen LogP contribution in [0.25, 0.3) is 0 Å². The number of carbonyl (C=O) groups is 1. The Labute approximate surface area is 104 Å². The van der Waals surface area contributed by atoms with Gasteiger partial charge in [0.15, 0.2) is 0 Å². The highest BCUT2D eigenvalue weighted by atomic mass is 32.2. The van der Waals surface area contributed by atoms with Crippen molar-refractivity contribution in [3.8, 4) is 0 Å². The van der Waals surface area contributed by atoms with Gasteiger partial charge in [0.1, 0.15) is 0 Å². The van der Waals surface area contributed by atoms with Crippen molar-refractivity contribution >= 4 is 40.8 Å². The fourth-order valence-corrected chi connectivity index (χ4v) is 4.02. The highest BCUT2D eigenvalue weighted by molar-refractivity contribution is 8.07.